The largest absolute Gasteiger partial charge is 0.493 e. The number of ether oxygens (including phenoxy) is 2. The molecule has 1 aromatic heterocycles. The molecule has 168 valence electrons. The Morgan fingerprint density at radius 1 is 1.31 bits per heavy atom. The molecule has 7 nitrogen and oxygen atoms in total. The van der Waals surface area contributed by atoms with Crippen molar-refractivity contribution in [1.82, 2.24) is 15.2 Å². The Kier molecular flexibility index (Phi) is 8.47. The topological polar surface area (TPSA) is 97.3 Å². The van der Waals surface area contributed by atoms with Crippen LogP contribution in [0, 0.1) is 0 Å². The summed E-state index contributed by atoms with van der Waals surface area (Å²) in [5.41, 5.74) is 1.36. The first-order valence-electron chi connectivity index (χ1n) is 9.29. The van der Waals surface area contributed by atoms with E-state index >= 15 is 0 Å². The van der Waals surface area contributed by atoms with Crippen molar-refractivity contribution in [2.24, 2.45) is 0 Å². The first-order chi connectivity index (χ1) is 15.3. The normalized spacial score (nSPS) is 11.5. The minimum atomic E-state index is -1.09. The lowest BCUT2D eigenvalue weighted by molar-refractivity contribution is -0.131. The molecule has 0 bridgehead atoms. The van der Waals surface area contributed by atoms with Crippen LogP contribution in [-0.4, -0.2) is 33.4 Å². The zero-order valence-electron chi connectivity index (χ0n) is 17.0. The van der Waals surface area contributed by atoms with Crippen molar-refractivity contribution in [3.63, 3.8) is 0 Å². The summed E-state index contributed by atoms with van der Waals surface area (Å²) in [5, 5.41) is 17.8. The summed E-state index contributed by atoms with van der Waals surface area (Å²) in [4.78, 5) is 16.1. The predicted octanol–water partition coefficient (Wildman–Crippen LogP) is 6.24. The molecule has 0 unspecified atom stereocenters. The van der Waals surface area contributed by atoms with Crippen LogP contribution < -0.4 is 9.47 Å². The second kappa shape index (κ2) is 11.1. The van der Waals surface area contributed by atoms with E-state index in [1.165, 1.54) is 13.2 Å². The molecule has 0 saturated carbocycles. The molecular weight excluding hydrogens is 541 g/mol. The third-order valence-electron chi connectivity index (χ3n) is 4.19. The molecule has 0 aliphatic heterocycles. The Balaban J connectivity index is 1.85. The van der Waals surface area contributed by atoms with Crippen LogP contribution in [0.2, 0.25) is 10.0 Å². The Morgan fingerprint density at radius 2 is 2.09 bits per heavy atom. The van der Waals surface area contributed by atoms with Gasteiger partial charge in [0.25, 0.3) is 0 Å². The van der Waals surface area contributed by atoms with Crippen molar-refractivity contribution in [3.05, 3.63) is 66.7 Å². The highest BCUT2D eigenvalue weighted by atomic mass is 79.9. The van der Waals surface area contributed by atoms with Crippen LogP contribution in [0.4, 0.5) is 0 Å². The van der Waals surface area contributed by atoms with Crippen LogP contribution in [0.1, 0.15) is 23.9 Å². The summed E-state index contributed by atoms with van der Waals surface area (Å²) in [6, 6.07) is 8.58. The molecule has 32 heavy (non-hydrogen) atoms. The molecule has 0 atom stereocenters. The van der Waals surface area contributed by atoms with Gasteiger partial charge in [0.05, 0.1) is 11.6 Å². The maximum atomic E-state index is 11.8. The summed E-state index contributed by atoms with van der Waals surface area (Å²) in [6.45, 7) is 2.12. The van der Waals surface area contributed by atoms with Crippen LogP contribution in [0.25, 0.3) is 6.08 Å². The van der Waals surface area contributed by atoms with Crippen molar-refractivity contribution < 1.29 is 19.4 Å². The number of benzene rings is 2. The monoisotopic (exact) mass is 557 g/mol. The molecule has 11 heteroatoms. The molecule has 3 aromatic rings. The second-order valence-corrected chi connectivity index (χ2v) is 9.10. The van der Waals surface area contributed by atoms with Gasteiger partial charge in [-0.25, -0.2) is 9.78 Å². The summed E-state index contributed by atoms with van der Waals surface area (Å²) >= 11 is 16.6. The summed E-state index contributed by atoms with van der Waals surface area (Å²) < 4.78 is 12.0. The zero-order valence-corrected chi connectivity index (χ0v) is 20.9. The molecule has 0 saturated heterocycles. The lowest BCUT2D eigenvalue weighted by Gasteiger charge is -2.14. The molecule has 1 heterocycles. The van der Waals surface area contributed by atoms with E-state index in [1.54, 1.807) is 30.3 Å². The van der Waals surface area contributed by atoms with Gasteiger partial charge in [0.1, 0.15) is 17.3 Å². The first kappa shape index (κ1) is 24.4. The van der Waals surface area contributed by atoms with E-state index in [-0.39, 0.29) is 11.5 Å². The summed E-state index contributed by atoms with van der Waals surface area (Å²) in [5.74, 6) is 0.480. The molecule has 0 radical (unpaired) electrons. The molecule has 0 aliphatic rings. The predicted molar refractivity (Wildman–Crippen MR) is 129 cm³/mol. The van der Waals surface area contributed by atoms with Crippen molar-refractivity contribution in [1.29, 1.82) is 0 Å². The van der Waals surface area contributed by atoms with E-state index in [4.69, 9.17) is 32.7 Å². The number of thioether (sulfide) groups is 1. The van der Waals surface area contributed by atoms with Gasteiger partial charge in [-0.1, -0.05) is 36.2 Å². The van der Waals surface area contributed by atoms with E-state index in [9.17, 15) is 9.90 Å². The van der Waals surface area contributed by atoms with Crippen LogP contribution in [0.3, 0.4) is 0 Å². The average molecular weight is 559 g/mol. The molecule has 3 rings (SSSR count). The Bertz CT molecular complexity index is 1170. The zero-order chi connectivity index (χ0) is 23.3. The van der Waals surface area contributed by atoms with Gasteiger partial charge in [0, 0.05) is 22.0 Å². The van der Waals surface area contributed by atoms with E-state index in [2.05, 4.69) is 31.1 Å². The number of carbonyl (C=O) groups is 1. The number of rotatable bonds is 9. The van der Waals surface area contributed by atoms with Gasteiger partial charge >= 0.3 is 5.97 Å². The lowest BCUT2D eigenvalue weighted by atomic mass is 10.2. The van der Waals surface area contributed by atoms with Gasteiger partial charge < -0.3 is 14.6 Å². The van der Waals surface area contributed by atoms with E-state index in [0.717, 1.165) is 17.3 Å². The third kappa shape index (κ3) is 6.19. The smallest absolute Gasteiger partial charge is 0.342 e. The number of carboxylic acid groups (broad SMARTS) is 1. The highest BCUT2D eigenvalue weighted by Crippen LogP contribution is 2.39. The number of aliphatic carboxylic acids is 1. The highest BCUT2D eigenvalue weighted by Gasteiger charge is 2.16. The lowest BCUT2D eigenvalue weighted by Crippen LogP contribution is -2.00. The number of aromatic amines is 1. The average Bonchev–Trinajstić information content (AvgIpc) is 3.21. The number of nitrogens with zero attached hydrogens (tertiary/aromatic N) is 2. The van der Waals surface area contributed by atoms with Crippen molar-refractivity contribution >= 4 is 62.9 Å². The first-order valence-corrected chi connectivity index (χ1v) is 11.7. The molecule has 0 spiro atoms. The number of halogens is 3. The van der Waals surface area contributed by atoms with Gasteiger partial charge in [0.2, 0.25) is 5.16 Å². The highest BCUT2D eigenvalue weighted by molar-refractivity contribution is 9.10. The number of methoxy groups -OCH3 is 1. The minimum absolute atomic E-state index is 0.0576. The van der Waals surface area contributed by atoms with Crippen molar-refractivity contribution in [2.45, 2.75) is 25.1 Å². The fraction of sp³-hybridized carbons (Fsp3) is 0.190. The van der Waals surface area contributed by atoms with Crippen molar-refractivity contribution in [3.8, 4) is 11.5 Å². The Hall–Kier alpha value is -2.20. The van der Waals surface area contributed by atoms with Crippen LogP contribution in [0.15, 0.2) is 44.9 Å². The molecule has 0 fully saturated rings. The molecule has 2 aromatic carbocycles. The fourth-order valence-electron chi connectivity index (χ4n) is 2.62. The Morgan fingerprint density at radius 3 is 2.72 bits per heavy atom. The maximum absolute atomic E-state index is 11.8. The molecule has 0 amide bonds. The number of hydrogen-bond acceptors (Lipinski definition) is 6. The Labute approximate surface area is 207 Å². The van der Waals surface area contributed by atoms with Gasteiger partial charge in [-0.2, -0.15) is 0 Å². The summed E-state index contributed by atoms with van der Waals surface area (Å²) in [7, 11) is 1.50. The standard InChI is InChI=1S/C21H18BrCl2N3O4S/c1-3-18-25-21(27-26-18)32-17(20(28)29)8-11-6-14(22)19(16(7-11)30-2)31-10-12-4-5-13(23)9-15(12)24/h4-9H,3,10H2,1-2H3,(H,28,29)(H,25,26,27)/b17-8-. The fourth-order valence-corrected chi connectivity index (χ4v) is 4.38. The van der Waals surface area contributed by atoms with Gasteiger partial charge in [0.15, 0.2) is 11.5 Å². The number of aryl methyl sites for hydroxylation is 1. The minimum Gasteiger partial charge on any atom is -0.493 e. The molecular formula is C21H18BrCl2N3O4S. The maximum Gasteiger partial charge on any atom is 0.342 e. The number of aromatic nitrogens is 3. The van der Waals surface area contributed by atoms with E-state index in [1.807, 2.05) is 6.92 Å². The van der Waals surface area contributed by atoms with Crippen LogP contribution >= 0.6 is 50.9 Å². The quantitative estimate of drug-likeness (QED) is 0.237. The van der Waals surface area contributed by atoms with Crippen LogP contribution in [-0.2, 0) is 17.8 Å². The van der Waals surface area contributed by atoms with E-state index in [0.29, 0.717) is 49.0 Å². The molecule has 0 aliphatic carbocycles. The third-order valence-corrected chi connectivity index (χ3v) is 6.25. The second-order valence-electron chi connectivity index (χ2n) is 6.39. The van der Waals surface area contributed by atoms with Crippen LogP contribution in [0.5, 0.6) is 11.5 Å². The number of H-pyrrole nitrogens is 1. The number of nitrogens with one attached hydrogen (secondary N) is 1. The van der Waals surface area contributed by atoms with Gasteiger partial charge in [-0.05, 0) is 63.6 Å². The number of carboxylic acids is 1. The van der Waals surface area contributed by atoms with E-state index < -0.39 is 5.97 Å². The molecule has 2 N–H and O–H groups in total. The van der Waals surface area contributed by atoms with Crippen molar-refractivity contribution in [2.75, 3.05) is 7.11 Å². The SMILES string of the molecule is CCc1nc(S/C(=C\c2cc(Br)c(OCc3ccc(Cl)cc3Cl)c(OC)c2)C(=O)O)n[nH]1. The van der Waals surface area contributed by atoms with Gasteiger partial charge in [-0.3, -0.25) is 5.10 Å². The van der Waals surface area contributed by atoms with Gasteiger partial charge in [-0.15, -0.1) is 5.10 Å². The number of hydrogen-bond donors (Lipinski definition) is 2. The summed E-state index contributed by atoms with van der Waals surface area (Å²) in [6.07, 6.45) is 2.19.